The van der Waals surface area contributed by atoms with E-state index in [1.54, 1.807) is 11.8 Å². The van der Waals surface area contributed by atoms with E-state index in [1.165, 1.54) is 11.3 Å². The lowest BCUT2D eigenvalue weighted by atomic mass is 10.3. The third-order valence-corrected chi connectivity index (χ3v) is 4.53. The first kappa shape index (κ1) is 16.4. The van der Waals surface area contributed by atoms with Gasteiger partial charge in [0.1, 0.15) is 10.7 Å². The number of ether oxygens (including phenoxy) is 1. The standard InChI is InChI=1S/C14H20N4O3S/c1-5-17(8-7-11(19)21-6-2)13(20)12-9(3)18-10(4)15-16-14(18)22-12/h5-8H2,1-4H3. The number of hydrogen-bond donors (Lipinski definition) is 0. The molecule has 2 aromatic heterocycles. The second-order valence-electron chi connectivity index (χ2n) is 4.82. The summed E-state index contributed by atoms with van der Waals surface area (Å²) in [5.74, 6) is 0.392. The van der Waals surface area contributed by atoms with Crippen LogP contribution in [0.4, 0.5) is 0 Å². The van der Waals surface area contributed by atoms with Crippen molar-refractivity contribution in [2.75, 3.05) is 19.7 Å². The largest absolute Gasteiger partial charge is 0.466 e. The van der Waals surface area contributed by atoms with E-state index in [2.05, 4.69) is 10.2 Å². The summed E-state index contributed by atoms with van der Waals surface area (Å²) >= 11 is 1.32. The van der Waals surface area contributed by atoms with Crippen LogP contribution in [0.2, 0.25) is 0 Å². The summed E-state index contributed by atoms with van der Waals surface area (Å²) in [6.45, 7) is 8.64. The number of nitrogens with zero attached hydrogens (tertiary/aromatic N) is 4. The maximum atomic E-state index is 12.7. The molecule has 22 heavy (non-hydrogen) atoms. The van der Waals surface area contributed by atoms with Crippen molar-refractivity contribution in [3.8, 4) is 0 Å². The highest BCUT2D eigenvalue weighted by atomic mass is 32.1. The zero-order valence-corrected chi connectivity index (χ0v) is 14.1. The van der Waals surface area contributed by atoms with Crippen molar-refractivity contribution >= 4 is 28.2 Å². The van der Waals surface area contributed by atoms with Gasteiger partial charge >= 0.3 is 5.97 Å². The molecule has 0 atom stereocenters. The first-order valence-corrected chi connectivity index (χ1v) is 8.07. The summed E-state index contributed by atoms with van der Waals surface area (Å²) in [6.07, 6.45) is 0.204. The number of esters is 1. The van der Waals surface area contributed by atoms with Crippen molar-refractivity contribution in [3.05, 3.63) is 16.4 Å². The minimum Gasteiger partial charge on any atom is -0.466 e. The van der Waals surface area contributed by atoms with Crippen molar-refractivity contribution in [3.63, 3.8) is 0 Å². The summed E-state index contributed by atoms with van der Waals surface area (Å²) in [4.78, 5) is 27.1. The van der Waals surface area contributed by atoms with E-state index in [4.69, 9.17) is 4.74 Å². The van der Waals surface area contributed by atoms with E-state index in [1.807, 2.05) is 25.2 Å². The smallest absolute Gasteiger partial charge is 0.307 e. The van der Waals surface area contributed by atoms with Crippen LogP contribution in [0.15, 0.2) is 0 Å². The third kappa shape index (κ3) is 3.11. The number of amides is 1. The Balaban J connectivity index is 2.16. The Hall–Kier alpha value is -1.96. The average molecular weight is 324 g/mol. The number of hydrogen-bond acceptors (Lipinski definition) is 6. The van der Waals surface area contributed by atoms with Crippen molar-refractivity contribution < 1.29 is 14.3 Å². The number of carbonyl (C=O) groups excluding carboxylic acids is 2. The second-order valence-corrected chi connectivity index (χ2v) is 5.80. The summed E-state index contributed by atoms with van der Waals surface area (Å²) in [6, 6.07) is 0. The zero-order chi connectivity index (χ0) is 16.3. The first-order chi connectivity index (χ1) is 10.5. The van der Waals surface area contributed by atoms with Crippen LogP contribution in [-0.2, 0) is 9.53 Å². The van der Waals surface area contributed by atoms with Gasteiger partial charge in [0.15, 0.2) is 0 Å². The molecule has 2 aromatic rings. The Morgan fingerprint density at radius 1 is 1.27 bits per heavy atom. The van der Waals surface area contributed by atoms with E-state index in [0.29, 0.717) is 29.5 Å². The molecule has 2 rings (SSSR count). The van der Waals surface area contributed by atoms with E-state index in [9.17, 15) is 9.59 Å². The molecule has 0 radical (unpaired) electrons. The van der Waals surface area contributed by atoms with Crippen LogP contribution >= 0.6 is 11.3 Å². The van der Waals surface area contributed by atoms with Gasteiger partial charge < -0.3 is 9.64 Å². The van der Waals surface area contributed by atoms with E-state index in [0.717, 1.165) is 11.5 Å². The highest BCUT2D eigenvalue weighted by Crippen LogP contribution is 2.24. The van der Waals surface area contributed by atoms with Crippen molar-refractivity contribution in [1.82, 2.24) is 19.5 Å². The van der Waals surface area contributed by atoms with Gasteiger partial charge in [-0.1, -0.05) is 11.3 Å². The van der Waals surface area contributed by atoms with E-state index >= 15 is 0 Å². The number of carbonyl (C=O) groups is 2. The van der Waals surface area contributed by atoms with Crippen LogP contribution in [0.25, 0.3) is 4.96 Å². The van der Waals surface area contributed by atoms with Crippen molar-refractivity contribution in [1.29, 1.82) is 0 Å². The van der Waals surface area contributed by atoms with Gasteiger partial charge in [0.05, 0.1) is 13.0 Å². The van der Waals surface area contributed by atoms with Gasteiger partial charge in [-0.15, -0.1) is 10.2 Å². The maximum absolute atomic E-state index is 12.7. The van der Waals surface area contributed by atoms with Gasteiger partial charge in [-0.25, -0.2) is 0 Å². The van der Waals surface area contributed by atoms with Gasteiger partial charge in [0, 0.05) is 18.8 Å². The lowest BCUT2D eigenvalue weighted by Gasteiger charge is -2.19. The van der Waals surface area contributed by atoms with Gasteiger partial charge in [-0.05, 0) is 27.7 Å². The zero-order valence-electron chi connectivity index (χ0n) is 13.3. The monoisotopic (exact) mass is 324 g/mol. The second kappa shape index (κ2) is 6.87. The summed E-state index contributed by atoms with van der Waals surface area (Å²) in [5, 5.41) is 8.05. The fraction of sp³-hybridized carbons (Fsp3) is 0.571. The fourth-order valence-electron chi connectivity index (χ4n) is 2.27. The topological polar surface area (TPSA) is 76.8 Å². The molecule has 8 heteroatoms. The van der Waals surface area contributed by atoms with E-state index < -0.39 is 0 Å². The van der Waals surface area contributed by atoms with Crippen LogP contribution < -0.4 is 0 Å². The number of aromatic nitrogens is 3. The molecule has 0 fully saturated rings. The molecule has 0 saturated heterocycles. The first-order valence-electron chi connectivity index (χ1n) is 7.25. The van der Waals surface area contributed by atoms with Crippen LogP contribution in [-0.4, -0.2) is 51.1 Å². The number of thiazole rings is 1. The molecule has 0 aliphatic heterocycles. The van der Waals surface area contributed by atoms with Crippen LogP contribution in [0.1, 0.15) is 41.5 Å². The van der Waals surface area contributed by atoms with Gasteiger partial charge in [0.2, 0.25) is 4.96 Å². The molecule has 0 aliphatic rings. The molecule has 120 valence electrons. The highest BCUT2D eigenvalue weighted by molar-refractivity contribution is 7.19. The Bertz CT molecular complexity index is 692. The van der Waals surface area contributed by atoms with Crippen LogP contribution in [0.3, 0.4) is 0 Å². The number of rotatable bonds is 6. The summed E-state index contributed by atoms with van der Waals surface area (Å²) < 4.78 is 6.77. The Labute approximate surface area is 132 Å². The molecule has 0 unspecified atom stereocenters. The van der Waals surface area contributed by atoms with Crippen molar-refractivity contribution in [2.24, 2.45) is 0 Å². The molecular weight excluding hydrogens is 304 g/mol. The van der Waals surface area contributed by atoms with Crippen molar-refractivity contribution in [2.45, 2.75) is 34.1 Å². The fourth-order valence-corrected chi connectivity index (χ4v) is 3.35. The third-order valence-electron chi connectivity index (χ3n) is 3.41. The lowest BCUT2D eigenvalue weighted by Crippen LogP contribution is -2.33. The maximum Gasteiger partial charge on any atom is 0.307 e. The molecule has 0 bridgehead atoms. The summed E-state index contributed by atoms with van der Waals surface area (Å²) in [7, 11) is 0. The molecular formula is C14H20N4O3S. The molecule has 0 spiro atoms. The normalized spacial score (nSPS) is 10.9. The minimum atomic E-state index is -0.286. The molecule has 1 amide bonds. The average Bonchev–Trinajstić information content (AvgIpc) is 3.01. The summed E-state index contributed by atoms with van der Waals surface area (Å²) in [5.41, 5.74) is 0.835. The molecule has 7 nitrogen and oxygen atoms in total. The predicted molar refractivity (Wildman–Crippen MR) is 83.2 cm³/mol. The quantitative estimate of drug-likeness (QED) is 0.758. The SMILES string of the molecule is CCOC(=O)CCN(CC)C(=O)c1sc2nnc(C)n2c1C. The Morgan fingerprint density at radius 3 is 2.59 bits per heavy atom. The van der Waals surface area contributed by atoms with Gasteiger partial charge in [0.25, 0.3) is 5.91 Å². The van der Waals surface area contributed by atoms with Crippen LogP contribution in [0.5, 0.6) is 0 Å². The number of aryl methyl sites for hydroxylation is 2. The minimum absolute atomic E-state index is 0.0841. The molecule has 0 aromatic carbocycles. The molecule has 0 saturated carbocycles. The van der Waals surface area contributed by atoms with Gasteiger partial charge in [-0.2, -0.15) is 0 Å². The lowest BCUT2D eigenvalue weighted by molar-refractivity contribution is -0.143. The van der Waals surface area contributed by atoms with Crippen LogP contribution in [0, 0.1) is 13.8 Å². The molecule has 0 aliphatic carbocycles. The van der Waals surface area contributed by atoms with E-state index in [-0.39, 0.29) is 18.3 Å². The molecule has 2 heterocycles. The highest BCUT2D eigenvalue weighted by Gasteiger charge is 2.23. The Kier molecular flexibility index (Phi) is 5.12. The molecule has 0 N–H and O–H groups in total. The van der Waals surface area contributed by atoms with Gasteiger partial charge in [-0.3, -0.25) is 14.0 Å². The Morgan fingerprint density at radius 2 is 2.00 bits per heavy atom. The predicted octanol–water partition coefficient (Wildman–Crippen LogP) is 1.82. The number of fused-ring (bicyclic) bond motifs is 1.